The Morgan fingerprint density at radius 1 is 1.15 bits per heavy atom. The van der Waals surface area contributed by atoms with Gasteiger partial charge in [0.15, 0.2) is 0 Å². The zero-order valence-electron chi connectivity index (χ0n) is 9.40. The fraction of sp³-hybridized carbons (Fsp3) is 1.00. The molecule has 1 aliphatic heterocycles. The van der Waals surface area contributed by atoms with Gasteiger partial charge in [-0.25, -0.2) is 0 Å². The number of nitrogens with one attached hydrogen (secondary N) is 1. The maximum absolute atomic E-state index is 3.79. The van der Waals surface area contributed by atoms with Crippen LogP contribution >= 0.6 is 11.8 Å². The van der Waals surface area contributed by atoms with Crippen LogP contribution in [0.15, 0.2) is 0 Å². The van der Waals surface area contributed by atoms with Crippen molar-refractivity contribution in [1.82, 2.24) is 5.32 Å². The van der Waals surface area contributed by atoms with E-state index in [2.05, 4.69) is 51.7 Å². The lowest BCUT2D eigenvalue weighted by molar-refractivity contribution is 0.328. The molecular weight excluding hydrogens is 178 g/mol. The Morgan fingerprint density at radius 3 is 2.00 bits per heavy atom. The van der Waals surface area contributed by atoms with Gasteiger partial charge in [-0.2, -0.15) is 0 Å². The second kappa shape index (κ2) is 2.46. The summed E-state index contributed by atoms with van der Waals surface area (Å²) in [6, 6.07) is 0. The van der Waals surface area contributed by atoms with Gasteiger partial charge in [-0.15, -0.1) is 11.8 Å². The van der Waals surface area contributed by atoms with Gasteiger partial charge in [0.05, 0.1) is 4.87 Å². The third-order valence-electron chi connectivity index (χ3n) is 3.50. The van der Waals surface area contributed by atoms with Crippen molar-refractivity contribution in [3.8, 4) is 0 Å². The Balaban J connectivity index is 2.08. The first-order valence-corrected chi connectivity index (χ1v) is 6.17. The third kappa shape index (κ3) is 1.63. The van der Waals surface area contributed by atoms with Crippen molar-refractivity contribution >= 4 is 11.8 Å². The lowest BCUT2D eigenvalue weighted by Crippen LogP contribution is -2.47. The first kappa shape index (κ1) is 9.85. The van der Waals surface area contributed by atoms with E-state index in [0.717, 1.165) is 5.92 Å². The van der Waals surface area contributed by atoms with Gasteiger partial charge in [0, 0.05) is 11.3 Å². The minimum Gasteiger partial charge on any atom is -0.297 e. The number of thioether (sulfide) groups is 1. The predicted octanol–water partition coefficient (Wildman–Crippen LogP) is 2.86. The highest BCUT2D eigenvalue weighted by molar-refractivity contribution is 8.01. The molecule has 0 aromatic rings. The van der Waals surface area contributed by atoms with Crippen LogP contribution in [0.25, 0.3) is 0 Å². The Bertz CT molecular complexity index is 234. The van der Waals surface area contributed by atoms with E-state index in [1.54, 1.807) is 0 Å². The van der Waals surface area contributed by atoms with Gasteiger partial charge in [-0.05, 0) is 38.5 Å². The normalized spacial score (nSPS) is 46.4. The molecule has 0 aromatic heterocycles. The quantitative estimate of drug-likeness (QED) is 0.697. The lowest BCUT2D eigenvalue weighted by Gasteiger charge is -2.29. The van der Waals surface area contributed by atoms with Crippen molar-refractivity contribution < 1.29 is 0 Å². The first-order valence-electron chi connectivity index (χ1n) is 5.19. The Kier molecular flexibility index (Phi) is 1.86. The monoisotopic (exact) mass is 199 g/mol. The molecule has 1 N–H and O–H groups in total. The van der Waals surface area contributed by atoms with Gasteiger partial charge >= 0.3 is 0 Å². The summed E-state index contributed by atoms with van der Waals surface area (Å²) in [5, 5.41) is 3.79. The average molecular weight is 199 g/mol. The molecule has 0 aromatic carbocycles. The molecule has 1 nitrogen and oxygen atoms in total. The van der Waals surface area contributed by atoms with Crippen LogP contribution in [0, 0.1) is 11.3 Å². The fourth-order valence-corrected chi connectivity index (χ4v) is 4.35. The predicted molar refractivity (Wildman–Crippen MR) is 60.0 cm³/mol. The van der Waals surface area contributed by atoms with Crippen molar-refractivity contribution in [2.45, 2.75) is 51.4 Å². The molecule has 2 aliphatic rings. The van der Waals surface area contributed by atoms with Gasteiger partial charge in [0.1, 0.15) is 0 Å². The van der Waals surface area contributed by atoms with E-state index in [1.165, 1.54) is 12.2 Å². The van der Waals surface area contributed by atoms with Gasteiger partial charge in [-0.3, -0.25) is 5.32 Å². The zero-order chi connectivity index (χ0) is 9.91. The van der Waals surface area contributed by atoms with Crippen LogP contribution < -0.4 is 5.32 Å². The standard InChI is InChI=1S/C11H21NS/c1-9(2)6-8(9)11(5)12-10(3,4)7-13-11/h8,12H,6-7H2,1-5H3. The maximum Gasteiger partial charge on any atom is 0.0655 e. The molecule has 2 heteroatoms. The molecule has 76 valence electrons. The fourth-order valence-electron chi connectivity index (χ4n) is 2.67. The van der Waals surface area contributed by atoms with Crippen molar-refractivity contribution in [3.05, 3.63) is 0 Å². The number of hydrogen-bond acceptors (Lipinski definition) is 2. The molecule has 13 heavy (non-hydrogen) atoms. The van der Waals surface area contributed by atoms with Crippen molar-refractivity contribution in [1.29, 1.82) is 0 Å². The largest absolute Gasteiger partial charge is 0.297 e. The minimum absolute atomic E-state index is 0.331. The second-order valence-corrected chi connectivity index (χ2v) is 7.58. The van der Waals surface area contributed by atoms with Crippen LogP contribution in [-0.4, -0.2) is 16.2 Å². The Hall–Kier alpha value is 0.310. The van der Waals surface area contributed by atoms with Crippen LogP contribution in [-0.2, 0) is 0 Å². The highest BCUT2D eigenvalue weighted by atomic mass is 32.2. The lowest BCUT2D eigenvalue weighted by atomic mass is 10.0. The van der Waals surface area contributed by atoms with Crippen LogP contribution in [0.4, 0.5) is 0 Å². The Morgan fingerprint density at radius 2 is 1.69 bits per heavy atom. The van der Waals surface area contributed by atoms with Crippen LogP contribution in [0.3, 0.4) is 0 Å². The van der Waals surface area contributed by atoms with Gasteiger partial charge < -0.3 is 0 Å². The summed E-state index contributed by atoms with van der Waals surface area (Å²) in [6.07, 6.45) is 1.39. The van der Waals surface area contributed by atoms with Gasteiger partial charge in [0.25, 0.3) is 0 Å². The van der Waals surface area contributed by atoms with Gasteiger partial charge in [-0.1, -0.05) is 13.8 Å². The van der Waals surface area contributed by atoms with E-state index < -0.39 is 0 Å². The van der Waals surface area contributed by atoms with E-state index in [-0.39, 0.29) is 0 Å². The molecule has 0 spiro atoms. The molecule has 2 atom stereocenters. The van der Waals surface area contributed by atoms with Crippen LogP contribution in [0.5, 0.6) is 0 Å². The molecule has 1 aliphatic carbocycles. The van der Waals surface area contributed by atoms with Crippen LogP contribution in [0.1, 0.15) is 41.0 Å². The molecule has 1 saturated heterocycles. The summed E-state index contributed by atoms with van der Waals surface area (Å²) in [7, 11) is 0. The van der Waals surface area contributed by atoms with E-state index >= 15 is 0 Å². The molecule has 2 rings (SSSR count). The first-order chi connectivity index (χ1) is 5.75. The summed E-state index contributed by atoms with van der Waals surface area (Å²) >= 11 is 2.11. The summed E-state index contributed by atoms with van der Waals surface area (Å²) in [4.78, 5) is 0.340. The summed E-state index contributed by atoms with van der Waals surface area (Å²) in [5.74, 6) is 2.11. The molecule has 2 fully saturated rings. The van der Waals surface area contributed by atoms with Crippen LogP contribution in [0.2, 0.25) is 0 Å². The van der Waals surface area contributed by atoms with E-state index in [0.29, 0.717) is 15.8 Å². The smallest absolute Gasteiger partial charge is 0.0655 e. The van der Waals surface area contributed by atoms with E-state index in [1.807, 2.05) is 0 Å². The summed E-state index contributed by atoms with van der Waals surface area (Å²) in [5.41, 5.74) is 0.910. The van der Waals surface area contributed by atoms with Gasteiger partial charge in [0.2, 0.25) is 0 Å². The van der Waals surface area contributed by atoms with Crippen molar-refractivity contribution in [2.75, 3.05) is 5.75 Å². The topological polar surface area (TPSA) is 12.0 Å². The molecule has 2 unspecified atom stereocenters. The Labute approximate surface area is 86.0 Å². The average Bonchev–Trinajstić information content (AvgIpc) is 2.46. The molecule has 0 amide bonds. The second-order valence-electron chi connectivity index (χ2n) is 6.15. The minimum atomic E-state index is 0.331. The maximum atomic E-state index is 3.79. The molecule has 1 heterocycles. The van der Waals surface area contributed by atoms with E-state index in [4.69, 9.17) is 0 Å². The summed E-state index contributed by atoms with van der Waals surface area (Å²) < 4.78 is 0. The number of rotatable bonds is 1. The van der Waals surface area contributed by atoms with Crippen molar-refractivity contribution in [2.24, 2.45) is 11.3 Å². The zero-order valence-corrected chi connectivity index (χ0v) is 10.2. The van der Waals surface area contributed by atoms with E-state index in [9.17, 15) is 0 Å². The molecule has 0 bridgehead atoms. The highest BCUT2D eigenvalue weighted by Crippen LogP contribution is 2.62. The molecule has 1 saturated carbocycles. The SMILES string of the molecule is CC1(C)CSC(C)(C2CC2(C)C)N1. The summed E-state index contributed by atoms with van der Waals surface area (Å²) in [6.45, 7) is 11.8. The third-order valence-corrected chi connectivity index (χ3v) is 5.35. The van der Waals surface area contributed by atoms with Crippen molar-refractivity contribution in [3.63, 3.8) is 0 Å². The number of hydrogen-bond donors (Lipinski definition) is 1. The molecular formula is C11H21NS. The molecule has 0 radical (unpaired) electrons. The highest BCUT2D eigenvalue weighted by Gasteiger charge is 2.59.